The number of hydrogen-bond donors (Lipinski definition) is 1. The van der Waals surface area contributed by atoms with Gasteiger partial charge in [-0.1, -0.05) is 11.8 Å². The van der Waals surface area contributed by atoms with Crippen LogP contribution in [0, 0.1) is 13.8 Å². The summed E-state index contributed by atoms with van der Waals surface area (Å²) in [4.78, 5) is 23.2. The van der Waals surface area contributed by atoms with Gasteiger partial charge in [0.1, 0.15) is 0 Å². The van der Waals surface area contributed by atoms with Crippen LogP contribution in [0.5, 0.6) is 0 Å². The number of amides is 1. The minimum Gasteiger partial charge on any atom is -0.372 e. The first-order valence-electron chi connectivity index (χ1n) is 8.70. The Balaban J connectivity index is 1.52. The molecule has 0 radical (unpaired) electrons. The molecule has 2 aromatic rings. The van der Waals surface area contributed by atoms with Gasteiger partial charge in [0.05, 0.1) is 5.75 Å². The van der Waals surface area contributed by atoms with E-state index < -0.39 is 0 Å². The number of aromatic nitrogens is 2. The highest BCUT2D eigenvalue weighted by Crippen LogP contribution is 2.22. The third-order valence-corrected chi connectivity index (χ3v) is 5.01. The Morgan fingerprint density at radius 3 is 2.36 bits per heavy atom. The van der Waals surface area contributed by atoms with Crippen molar-refractivity contribution in [3.05, 3.63) is 41.7 Å². The van der Waals surface area contributed by atoms with E-state index in [4.69, 9.17) is 0 Å². The van der Waals surface area contributed by atoms with Gasteiger partial charge in [0.25, 0.3) is 0 Å². The predicted molar refractivity (Wildman–Crippen MR) is 103 cm³/mol. The molecule has 0 unspecified atom stereocenters. The molecular formula is C19H24N4OS. The molecule has 3 rings (SSSR count). The molecule has 25 heavy (non-hydrogen) atoms. The summed E-state index contributed by atoms with van der Waals surface area (Å²) in [5.41, 5.74) is 3.90. The third kappa shape index (κ3) is 5.19. The molecule has 0 aliphatic carbocycles. The van der Waals surface area contributed by atoms with Gasteiger partial charge in [-0.05, 0) is 63.4 Å². The minimum atomic E-state index is -0.0431. The summed E-state index contributed by atoms with van der Waals surface area (Å²) in [6.45, 7) is 6.11. The van der Waals surface area contributed by atoms with Crippen molar-refractivity contribution >= 4 is 29.0 Å². The number of benzene rings is 1. The number of nitrogens with one attached hydrogen (secondary N) is 1. The minimum absolute atomic E-state index is 0.0431. The zero-order chi connectivity index (χ0) is 17.6. The van der Waals surface area contributed by atoms with E-state index in [1.165, 1.54) is 36.7 Å². The fourth-order valence-corrected chi connectivity index (χ4v) is 3.74. The van der Waals surface area contributed by atoms with Crippen LogP contribution in [0.1, 0.15) is 30.7 Å². The van der Waals surface area contributed by atoms with Gasteiger partial charge in [0, 0.05) is 35.9 Å². The number of carbonyl (C=O) groups is 1. The van der Waals surface area contributed by atoms with Crippen LogP contribution in [-0.4, -0.2) is 34.7 Å². The van der Waals surface area contributed by atoms with Crippen LogP contribution in [0.3, 0.4) is 0 Å². The van der Waals surface area contributed by atoms with Gasteiger partial charge in [-0.15, -0.1) is 0 Å². The fourth-order valence-electron chi connectivity index (χ4n) is 2.99. The molecule has 6 heteroatoms. The van der Waals surface area contributed by atoms with Crippen LogP contribution in [0.2, 0.25) is 0 Å². The van der Waals surface area contributed by atoms with Crippen molar-refractivity contribution in [3.63, 3.8) is 0 Å². The second kappa shape index (κ2) is 8.34. The van der Waals surface area contributed by atoms with Crippen LogP contribution in [0.4, 0.5) is 11.4 Å². The van der Waals surface area contributed by atoms with E-state index in [-0.39, 0.29) is 5.91 Å². The van der Waals surface area contributed by atoms with E-state index in [1.807, 2.05) is 32.0 Å². The first kappa shape index (κ1) is 17.7. The molecule has 132 valence electrons. The largest absolute Gasteiger partial charge is 0.372 e. The Bertz CT molecular complexity index is 706. The number of carbonyl (C=O) groups excluding carboxylic acids is 1. The number of rotatable bonds is 5. The van der Waals surface area contributed by atoms with Crippen LogP contribution in [0.15, 0.2) is 35.5 Å². The van der Waals surface area contributed by atoms with Crippen LogP contribution >= 0.6 is 11.8 Å². The maximum absolute atomic E-state index is 12.1. The molecule has 0 spiro atoms. The smallest absolute Gasteiger partial charge is 0.234 e. The van der Waals surface area contributed by atoms with Gasteiger partial charge < -0.3 is 10.2 Å². The second-order valence-corrected chi connectivity index (χ2v) is 7.31. The Morgan fingerprint density at radius 2 is 1.72 bits per heavy atom. The van der Waals surface area contributed by atoms with Crippen molar-refractivity contribution < 1.29 is 4.79 Å². The molecule has 2 heterocycles. The van der Waals surface area contributed by atoms with Gasteiger partial charge in [-0.25, -0.2) is 9.97 Å². The molecule has 1 N–H and O–H groups in total. The van der Waals surface area contributed by atoms with Gasteiger partial charge in [0.2, 0.25) is 5.91 Å². The molecule has 1 aliphatic rings. The average Bonchev–Trinajstić information content (AvgIpc) is 2.61. The molecule has 0 bridgehead atoms. The summed E-state index contributed by atoms with van der Waals surface area (Å²) in [6.07, 6.45) is 3.85. The molecule has 1 amide bonds. The van der Waals surface area contributed by atoms with Crippen LogP contribution < -0.4 is 10.2 Å². The lowest BCUT2D eigenvalue weighted by Gasteiger charge is -2.28. The highest BCUT2D eigenvalue weighted by molar-refractivity contribution is 7.99. The summed E-state index contributed by atoms with van der Waals surface area (Å²) >= 11 is 1.36. The van der Waals surface area contributed by atoms with Gasteiger partial charge in [-0.2, -0.15) is 0 Å². The number of hydrogen-bond acceptors (Lipinski definition) is 5. The molecule has 0 atom stereocenters. The topological polar surface area (TPSA) is 58.1 Å². The molecule has 1 aromatic heterocycles. The van der Waals surface area contributed by atoms with Crippen molar-refractivity contribution in [1.29, 1.82) is 0 Å². The number of nitrogens with zero attached hydrogens (tertiary/aromatic N) is 3. The van der Waals surface area contributed by atoms with Crippen molar-refractivity contribution in [2.75, 3.05) is 29.1 Å². The van der Waals surface area contributed by atoms with Gasteiger partial charge >= 0.3 is 0 Å². The summed E-state index contributed by atoms with van der Waals surface area (Å²) in [6, 6.07) is 10.0. The third-order valence-electron chi connectivity index (χ3n) is 4.17. The molecule has 0 saturated carbocycles. The van der Waals surface area contributed by atoms with E-state index in [0.717, 1.165) is 30.2 Å². The maximum Gasteiger partial charge on any atom is 0.234 e. The molecule has 1 aliphatic heterocycles. The van der Waals surface area contributed by atoms with Crippen LogP contribution in [0.25, 0.3) is 0 Å². The van der Waals surface area contributed by atoms with Crippen molar-refractivity contribution in [3.8, 4) is 0 Å². The van der Waals surface area contributed by atoms with E-state index in [1.54, 1.807) is 0 Å². The number of thioether (sulfide) groups is 1. The van der Waals surface area contributed by atoms with Crippen molar-refractivity contribution in [2.45, 2.75) is 38.3 Å². The van der Waals surface area contributed by atoms with Crippen LogP contribution in [-0.2, 0) is 4.79 Å². The molecule has 1 fully saturated rings. The van der Waals surface area contributed by atoms with Crippen molar-refractivity contribution in [2.24, 2.45) is 0 Å². The van der Waals surface area contributed by atoms with E-state index in [0.29, 0.717) is 10.9 Å². The zero-order valence-corrected chi connectivity index (χ0v) is 15.6. The lowest BCUT2D eigenvalue weighted by Crippen LogP contribution is -2.29. The maximum atomic E-state index is 12.1. The average molecular weight is 356 g/mol. The Morgan fingerprint density at radius 1 is 1.08 bits per heavy atom. The number of aryl methyl sites for hydroxylation is 2. The highest BCUT2D eigenvalue weighted by Gasteiger charge is 2.11. The molecule has 1 saturated heterocycles. The molecule has 5 nitrogen and oxygen atoms in total. The Kier molecular flexibility index (Phi) is 5.91. The molecular weight excluding hydrogens is 332 g/mol. The van der Waals surface area contributed by atoms with Gasteiger partial charge in [0.15, 0.2) is 5.16 Å². The Hall–Kier alpha value is -2.08. The summed E-state index contributed by atoms with van der Waals surface area (Å²) in [7, 11) is 0. The summed E-state index contributed by atoms with van der Waals surface area (Å²) < 4.78 is 0. The lowest BCUT2D eigenvalue weighted by molar-refractivity contribution is -0.113. The number of piperidine rings is 1. The van der Waals surface area contributed by atoms with E-state index >= 15 is 0 Å². The zero-order valence-electron chi connectivity index (χ0n) is 14.8. The fraction of sp³-hybridized carbons (Fsp3) is 0.421. The summed E-state index contributed by atoms with van der Waals surface area (Å²) in [5.74, 6) is 0.259. The quantitative estimate of drug-likeness (QED) is 0.652. The normalized spacial score (nSPS) is 14.4. The molecule has 1 aromatic carbocycles. The monoisotopic (exact) mass is 356 g/mol. The van der Waals surface area contributed by atoms with E-state index in [2.05, 4.69) is 32.3 Å². The lowest BCUT2D eigenvalue weighted by atomic mass is 10.1. The highest BCUT2D eigenvalue weighted by atomic mass is 32.2. The second-order valence-electron chi connectivity index (χ2n) is 6.36. The SMILES string of the molecule is Cc1cc(C)nc(SCC(=O)Nc2ccc(N3CCCCC3)cc2)n1. The first-order chi connectivity index (χ1) is 12.1. The predicted octanol–water partition coefficient (Wildman–Crippen LogP) is 3.81. The summed E-state index contributed by atoms with van der Waals surface area (Å²) in [5, 5.41) is 3.58. The Labute approximate surface area is 153 Å². The first-order valence-corrected chi connectivity index (χ1v) is 9.69. The van der Waals surface area contributed by atoms with E-state index in [9.17, 15) is 4.79 Å². The van der Waals surface area contributed by atoms with Gasteiger partial charge in [-0.3, -0.25) is 4.79 Å². The number of anilines is 2. The van der Waals surface area contributed by atoms with Crippen molar-refractivity contribution in [1.82, 2.24) is 9.97 Å². The standard InChI is InChI=1S/C19H24N4OS/c1-14-12-15(2)21-19(20-14)25-13-18(24)22-16-6-8-17(9-7-16)23-10-4-3-5-11-23/h6-9,12H,3-5,10-11,13H2,1-2H3,(H,22,24).